The molecule has 8 heteroatoms. The summed E-state index contributed by atoms with van der Waals surface area (Å²) in [6, 6.07) is 23.6. The van der Waals surface area contributed by atoms with Crippen LogP contribution in [0.15, 0.2) is 78.9 Å². The number of anilines is 1. The Morgan fingerprint density at radius 1 is 0.794 bits per heavy atom. The zero-order chi connectivity index (χ0) is 23.1. The predicted molar refractivity (Wildman–Crippen MR) is 128 cm³/mol. The molecule has 6 rings (SSSR count). The summed E-state index contributed by atoms with van der Waals surface area (Å²) in [4.78, 5) is 21.8. The van der Waals surface area contributed by atoms with Crippen molar-refractivity contribution in [2.45, 2.75) is 0 Å². The molecule has 5 aromatic rings. The fourth-order valence-corrected chi connectivity index (χ4v) is 4.47. The number of amides is 1. The van der Waals surface area contributed by atoms with Crippen molar-refractivity contribution in [2.75, 3.05) is 31.1 Å². The number of aromatic nitrogens is 4. The van der Waals surface area contributed by atoms with Gasteiger partial charge in [-0.15, -0.1) is 10.2 Å². The molecule has 7 nitrogen and oxygen atoms in total. The number of carbonyl (C=O) groups excluding carboxylic acids is 1. The molecule has 0 atom stereocenters. The Morgan fingerprint density at radius 3 is 2.29 bits per heavy atom. The van der Waals surface area contributed by atoms with Crippen molar-refractivity contribution >= 4 is 28.4 Å². The van der Waals surface area contributed by atoms with Gasteiger partial charge in [-0.1, -0.05) is 42.5 Å². The van der Waals surface area contributed by atoms with E-state index in [-0.39, 0.29) is 11.7 Å². The first-order valence-corrected chi connectivity index (χ1v) is 11.2. The summed E-state index contributed by atoms with van der Waals surface area (Å²) in [5.74, 6) is 0.704. The van der Waals surface area contributed by atoms with Gasteiger partial charge in [0, 0.05) is 37.1 Å². The lowest BCUT2D eigenvalue weighted by molar-refractivity contribution is 0.0746. The maximum Gasteiger partial charge on any atom is 0.253 e. The molecule has 0 radical (unpaired) electrons. The Kier molecular flexibility index (Phi) is 4.91. The quantitative estimate of drug-likeness (QED) is 0.413. The van der Waals surface area contributed by atoms with Crippen LogP contribution >= 0.6 is 0 Å². The molecule has 0 N–H and O–H groups in total. The minimum absolute atomic E-state index is 0.0215. The summed E-state index contributed by atoms with van der Waals surface area (Å²) in [7, 11) is 0. The molecule has 0 saturated carbocycles. The number of halogens is 1. The minimum atomic E-state index is -0.366. The Labute approximate surface area is 195 Å². The van der Waals surface area contributed by atoms with Gasteiger partial charge in [0.15, 0.2) is 11.5 Å². The number of rotatable bonds is 3. The van der Waals surface area contributed by atoms with E-state index in [0.29, 0.717) is 54.7 Å². The monoisotopic (exact) mass is 452 g/mol. The van der Waals surface area contributed by atoms with Gasteiger partial charge < -0.3 is 9.80 Å². The van der Waals surface area contributed by atoms with Crippen LogP contribution in [0.5, 0.6) is 0 Å². The molecule has 1 saturated heterocycles. The third kappa shape index (κ3) is 3.35. The molecule has 0 unspecified atom stereocenters. The number of nitrogens with zero attached hydrogens (tertiary/aromatic N) is 6. The SMILES string of the molecule is O=C(c1ccccc1)N1CCN(c2nc3ccccc3c3nnc(-c4ccccc4F)n23)CC1. The topological polar surface area (TPSA) is 66.6 Å². The Hall–Kier alpha value is -4.33. The van der Waals surface area contributed by atoms with Crippen LogP contribution in [0.3, 0.4) is 0 Å². The fraction of sp³-hybridized carbons (Fsp3) is 0.154. The zero-order valence-corrected chi connectivity index (χ0v) is 18.3. The molecule has 3 heterocycles. The van der Waals surface area contributed by atoms with Crippen molar-refractivity contribution in [1.82, 2.24) is 24.5 Å². The minimum Gasteiger partial charge on any atom is -0.338 e. The molecular formula is C26H21FN6O. The number of piperazine rings is 1. The van der Waals surface area contributed by atoms with E-state index in [1.807, 2.05) is 63.9 Å². The van der Waals surface area contributed by atoms with Crippen molar-refractivity contribution in [3.8, 4) is 11.4 Å². The van der Waals surface area contributed by atoms with E-state index >= 15 is 0 Å². The van der Waals surface area contributed by atoms with E-state index in [1.165, 1.54) is 6.07 Å². The third-order valence-electron chi connectivity index (χ3n) is 6.21. The van der Waals surface area contributed by atoms with Crippen LogP contribution in [-0.2, 0) is 0 Å². The number of benzene rings is 3. The molecule has 1 aliphatic heterocycles. The largest absolute Gasteiger partial charge is 0.338 e. The van der Waals surface area contributed by atoms with Gasteiger partial charge in [0.2, 0.25) is 5.95 Å². The smallest absolute Gasteiger partial charge is 0.253 e. The molecule has 1 fully saturated rings. The molecule has 1 aliphatic rings. The molecule has 3 aromatic carbocycles. The molecule has 0 spiro atoms. The normalized spacial score (nSPS) is 14.1. The van der Waals surface area contributed by atoms with Crippen LogP contribution in [0.25, 0.3) is 27.9 Å². The highest BCUT2D eigenvalue weighted by Gasteiger charge is 2.27. The zero-order valence-electron chi connectivity index (χ0n) is 18.3. The number of hydrogen-bond donors (Lipinski definition) is 0. The van der Waals surface area contributed by atoms with Crippen molar-refractivity contribution < 1.29 is 9.18 Å². The van der Waals surface area contributed by atoms with Crippen LogP contribution in [0.1, 0.15) is 10.4 Å². The average molecular weight is 452 g/mol. The molecule has 0 bridgehead atoms. The summed E-state index contributed by atoms with van der Waals surface area (Å²) in [5, 5.41) is 9.62. The highest BCUT2D eigenvalue weighted by molar-refractivity contribution is 5.95. The number of fused-ring (bicyclic) bond motifs is 3. The highest BCUT2D eigenvalue weighted by atomic mass is 19.1. The number of carbonyl (C=O) groups is 1. The Balaban J connectivity index is 1.41. The van der Waals surface area contributed by atoms with E-state index in [9.17, 15) is 9.18 Å². The second-order valence-electron chi connectivity index (χ2n) is 8.24. The first-order valence-electron chi connectivity index (χ1n) is 11.2. The number of para-hydroxylation sites is 1. The molecular weight excluding hydrogens is 431 g/mol. The summed E-state index contributed by atoms with van der Waals surface area (Å²) >= 11 is 0. The van der Waals surface area contributed by atoms with Crippen LogP contribution in [0.4, 0.5) is 10.3 Å². The van der Waals surface area contributed by atoms with Gasteiger partial charge in [-0.05, 0) is 36.4 Å². The Bertz CT molecular complexity index is 1510. The van der Waals surface area contributed by atoms with Gasteiger partial charge in [-0.3, -0.25) is 4.79 Å². The van der Waals surface area contributed by atoms with Crippen molar-refractivity contribution in [3.63, 3.8) is 0 Å². The van der Waals surface area contributed by atoms with Crippen molar-refractivity contribution in [1.29, 1.82) is 0 Å². The fourth-order valence-electron chi connectivity index (χ4n) is 4.47. The van der Waals surface area contributed by atoms with Crippen LogP contribution < -0.4 is 4.90 Å². The van der Waals surface area contributed by atoms with Gasteiger partial charge in [-0.25, -0.2) is 13.8 Å². The van der Waals surface area contributed by atoms with Crippen molar-refractivity contribution in [2.24, 2.45) is 0 Å². The summed E-state index contributed by atoms with van der Waals surface area (Å²) in [5.41, 5.74) is 2.47. The van der Waals surface area contributed by atoms with Crippen LogP contribution in [0.2, 0.25) is 0 Å². The predicted octanol–water partition coefficient (Wildman–Crippen LogP) is 4.05. The van der Waals surface area contributed by atoms with E-state index in [4.69, 9.17) is 4.98 Å². The summed E-state index contributed by atoms with van der Waals surface area (Å²) in [6.45, 7) is 2.30. The lowest BCUT2D eigenvalue weighted by atomic mass is 10.2. The Morgan fingerprint density at radius 2 is 1.50 bits per heavy atom. The summed E-state index contributed by atoms with van der Waals surface area (Å²) < 4.78 is 16.5. The van der Waals surface area contributed by atoms with Gasteiger partial charge in [0.05, 0.1) is 11.1 Å². The standard InChI is InChI=1S/C26H21FN6O/c27-21-12-6-4-10-19(21)23-29-30-24-20-11-5-7-13-22(20)28-26(33(23)24)32-16-14-31(15-17-32)25(34)18-8-2-1-3-9-18/h1-13H,14-17H2. The van der Waals surface area contributed by atoms with Gasteiger partial charge in [0.25, 0.3) is 5.91 Å². The molecule has 168 valence electrons. The first kappa shape index (κ1) is 20.3. The lowest BCUT2D eigenvalue weighted by Gasteiger charge is -2.35. The molecule has 34 heavy (non-hydrogen) atoms. The van der Waals surface area contributed by atoms with E-state index < -0.39 is 0 Å². The van der Waals surface area contributed by atoms with E-state index in [0.717, 1.165) is 10.9 Å². The van der Waals surface area contributed by atoms with E-state index in [1.54, 1.807) is 18.2 Å². The second kappa shape index (κ2) is 8.22. The maximum absolute atomic E-state index is 14.7. The average Bonchev–Trinajstić information content (AvgIpc) is 3.34. The second-order valence-corrected chi connectivity index (χ2v) is 8.24. The van der Waals surface area contributed by atoms with Gasteiger partial charge in [0.1, 0.15) is 5.82 Å². The van der Waals surface area contributed by atoms with Crippen molar-refractivity contribution in [3.05, 3.63) is 90.2 Å². The van der Waals surface area contributed by atoms with Gasteiger partial charge in [-0.2, -0.15) is 0 Å². The molecule has 0 aliphatic carbocycles. The lowest BCUT2D eigenvalue weighted by Crippen LogP contribution is -2.49. The summed E-state index contributed by atoms with van der Waals surface area (Å²) in [6.07, 6.45) is 0. The third-order valence-corrected chi connectivity index (χ3v) is 6.21. The first-order chi connectivity index (χ1) is 16.7. The maximum atomic E-state index is 14.7. The van der Waals surface area contributed by atoms with Crippen LogP contribution in [-0.4, -0.2) is 56.6 Å². The molecule has 2 aromatic heterocycles. The number of hydrogen-bond acceptors (Lipinski definition) is 5. The molecule has 1 amide bonds. The van der Waals surface area contributed by atoms with Gasteiger partial charge >= 0.3 is 0 Å². The van der Waals surface area contributed by atoms with Crippen LogP contribution in [0, 0.1) is 5.82 Å². The van der Waals surface area contributed by atoms with E-state index in [2.05, 4.69) is 15.1 Å². The highest BCUT2D eigenvalue weighted by Crippen LogP contribution is 2.30.